The van der Waals surface area contributed by atoms with Gasteiger partial charge in [-0.05, 0) is 51.1 Å². The minimum Gasteiger partial charge on any atom is -0.342 e. The summed E-state index contributed by atoms with van der Waals surface area (Å²) in [4.78, 5) is 13.5. The normalized spacial score (nSPS) is 24.5. The van der Waals surface area contributed by atoms with Gasteiger partial charge in [-0.15, -0.1) is 12.4 Å². The highest BCUT2D eigenvalue weighted by Gasteiger charge is 2.42. The maximum Gasteiger partial charge on any atom is 0.393 e. The number of halogens is 4. The molecule has 2 rings (SSSR count). The minimum atomic E-state index is -4.17. The van der Waals surface area contributed by atoms with Crippen LogP contribution in [0.5, 0.6) is 0 Å². The Balaban J connectivity index is 0.00000220. The lowest BCUT2D eigenvalue weighted by Gasteiger charge is -2.34. The summed E-state index contributed by atoms with van der Waals surface area (Å²) in [5.41, 5.74) is 0. The van der Waals surface area contributed by atoms with Gasteiger partial charge in [0, 0.05) is 19.5 Å². The standard InChI is InChI=1S/C14H23F3N2O.ClH/c15-14(16,17)12-2-1-9-19(10-12)13(20)4-3-11-5-7-18-8-6-11;/h11-12,18H,1-10H2;1H. The van der Waals surface area contributed by atoms with Crippen LogP contribution < -0.4 is 5.32 Å². The van der Waals surface area contributed by atoms with Crippen molar-refractivity contribution in [3.05, 3.63) is 0 Å². The molecule has 124 valence electrons. The summed E-state index contributed by atoms with van der Waals surface area (Å²) in [5, 5.41) is 3.27. The maximum atomic E-state index is 12.7. The summed E-state index contributed by atoms with van der Waals surface area (Å²) in [6.07, 6.45) is -0.210. The van der Waals surface area contributed by atoms with Crippen molar-refractivity contribution >= 4 is 18.3 Å². The molecule has 1 N–H and O–H groups in total. The van der Waals surface area contributed by atoms with E-state index in [4.69, 9.17) is 0 Å². The number of amides is 1. The van der Waals surface area contributed by atoms with Gasteiger partial charge in [0.1, 0.15) is 0 Å². The fourth-order valence-electron chi connectivity index (χ4n) is 3.13. The topological polar surface area (TPSA) is 32.3 Å². The number of nitrogens with one attached hydrogen (secondary N) is 1. The van der Waals surface area contributed by atoms with Gasteiger partial charge in [0.25, 0.3) is 0 Å². The first-order valence-electron chi connectivity index (χ1n) is 7.52. The van der Waals surface area contributed by atoms with Gasteiger partial charge < -0.3 is 10.2 Å². The van der Waals surface area contributed by atoms with E-state index < -0.39 is 12.1 Å². The van der Waals surface area contributed by atoms with Crippen LogP contribution in [0.1, 0.15) is 38.5 Å². The lowest BCUT2D eigenvalue weighted by Crippen LogP contribution is -2.44. The summed E-state index contributed by atoms with van der Waals surface area (Å²) >= 11 is 0. The van der Waals surface area contributed by atoms with Gasteiger partial charge in [0.05, 0.1) is 5.92 Å². The maximum absolute atomic E-state index is 12.7. The molecule has 3 nitrogen and oxygen atoms in total. The van der Waals surface area contributed by atoms with E-state index in [1.165, 1.54) is 4.90 Å². The van der Waals surface area contributed by atoms with Crippen LogP contribution in [-0.4, -0.2) is 43.2 Å². The molecule has 0 aliphatic carbocycles. The Bertz CT molecular complexity index is 333. The van der Waals surface area contributed by atoms with E-state index in [0.717, 1.165) is 32.4 Å². The van der Waals surface area contributed by atoms with Crippen LogP contribution in [0.15, 0.2) is 0 Å². The van der Waals surface area contributed by atoms with Crippen LogP contribution in [-0.2, 0) is 4.79 Å². The number of likely N-dealkylation sites (tertiary alicyclic amines) is 1. The van der Waals surface area contributed by atoms with Crippen LogP contribution in [0.25, 0.3) is 0 Å². The summed E-state index contributed by atoms with van der Waals surface area (Å²) in [6, 6.07) is 0. The summed E-state index contributed by atoms with van der Waals surface area (Å²) < 4.78 is 38.1. The third-order valence-electron chi connectivity index (χ3n) is 4.46. The van der Waals surface area contributed by atoms with E-state index in [1.807, 2.05) is 0 Å². The molecule has 0 bridgehead atoms. The quantitative estimate of drug-likeness (QED) is 0.864. The number of carbonyl (C=O) groups excluding carboxylic acids is 1. The molecule has 0 radical (unpaired) electrons. The number of hydrogen-bond acceptors (Lipinski definition) is 2. The molecule has 1 amide bonds. The Kier molecular flexibility index (Phi) is 7.27. The van der Waals surface area contributed by atoms with Crippen LogP contribution >= 0.6 is 12.4 Å². The third kappa shape index (κ3) is 5.66. The van der Waals surface area contributed by atoms with Gasteiger partial charge in [-0.2, -0.15) is 13.2 Å². The minimum absolute atomic E-state index is 0. The molecule has 2 saturated heterocycles. The Labute approximate surface area is 130 Å². The average molecular weight is 329 g/mol. The fourth-order valence-corrected chi connectivity index (χ4v) is 3.13. The number of rotatable bonds is 3. The number of piperidine rings is 2. The molecule has 0 aromatic heterocycles. The first-order chi connectivity index (χ1) is 9.47. The lowest BCUT2D eigenvalue weighted by molar-refractivity contribution is -0.188. The van der Waals surface area contributed by atoms with Gasteiger partial charge in [-0.1, -0.05) is 0 Å². The third-order valence-corrected chi connectivity index (χ3v) is 4.46. The largest absolute Gasteiger partial charge is 0.393 e. The van der Waals surface area contributed by atoms with Crippen molar-refractivity contribution < 1.29 is 18.0 Å². The van der Waals surface area contributed by atoms with Crippen molar-refractivity contribution in [1.82, 2.24) is 10.2 Å². The molecule has 2 fully saturated rings. The summed E-state index contributed by atoms with van der Waals surface area (Å²) in [6.45, 7) is 2.31. The Hall–Kier alpha value is -0.490. The predicted molar refractivity (Wildman–Crippen MR) is 77.4 cm³/mol. The van der Waals surface area contributed by atoms with Gasteiger partial charge in [0.2, 0.25) is 5.91 Å². The second kappa shape index (κ2) is 8.22. The highest BCUT2D eigenvalue weighted by atomic mass is 35.5. The van der Waals surface area contributed by atoms with Crippen molar-refractivity contribution in [2.45, 2.75) is 44.7 Å². The first-order valence-corrected chi connectivity index (χ1v) is 7.52. The Morgan fingerprint density at radius 2 is 1.86 bits per heavy atom. The summed E-state index contributed by atoms with van der Waals surface area (Å²) in [7, 11) is 0. The molecule has 7 heteroatoms. The number of nitrogens with zero attached hydrogens (tertiary/aromatic N) is 1. The Morgan fingerprint density at radius 1 is 1.19 bits per heavy atom. The zero-order chi connectivity index (χ0) is 14.6. The molecular weight excluding hydrogens is 305 g/mol. The fraction of sp³-hybridized carbons (Fsp3) is 0.929. The van der Waals surface area contributed by atoms with E-state index in [0.29, 0.717) is 25.3 Å². The predicted octanol–water partition coefficient (Wildman–Crippen LogP) is 2.99. The van der Waals surface area contributed by atoms with E-state index >= 15 is 0 Å². The highest BCUT2D eigenvalue weighted by Crippen LogP contribution is 2.33. The van der Waals surface area contributed by atoms with E-state index in [9.17, 15) is 18.0 Å². The first kappa shape index (κ1) is 18.6. The van der Waals surface area contributed by atoms with Crippen molar-refractivity contribution in [2.24, 2.45) is 11.8 Å². The van der Waals surface area contributed by atoms with E-state index in [2.05, 4.69) is 5.32 Å². The van der Waals surface area contributed by atoms with Crippen LogP contribution in [0.2, 0.25) is 0 Å². The van der Waals surface area contributed by atoms with Crippen molar-refractivity contribution in [3.8, 4) is 0 Å². The van der Waals surface area contributed by atoms with Crippen molar-refractivity contribution in [1.29, 1.82) is 0 Å². The second-order valence-electron chi connectivity index (χ2n) is 5.95. The lowest BCUT2D eigenvalue weighted by atomic mass is 9.92. The number of alkyl halides is 3. The molecule has 0 aromatic rings. The van der Waals surface area contributed by atoms with Gasteiger partial charge in [-0.3, -0.25) is 4.79 Å². The monoisotopic (exact) mass is 328 g/mol. The molecule has 2 heterocycles. The second-order valence-corrected chi connectivity index (χ2v) is 5.95. The molecule has 0 spiro atoms. The molecule has 2 aliphatic rings. The molecule has 0 saturated carbocycles. The summed E-state index contributed by atoms with van der Waals surface area (Å²) in [5.74, 6) is -0.889. The van der Waals surface area contributed by atoms with Crippen molar-refractivity contribution in [3.63, 3.8) is 0 Å². The SMILES string of the molecule is Cl.O=C(CCC1CCNCC1)N1CCCC(C(F)(F)F)C1. The van der Waals surface area contributed by atoms with Gasteiger partial charge >= 0.3 is 6.18 Å². The number of carbonyl (C=O) groups is 1. The molecule has 1 atom stereocenters. The molecule has 1 unspecified atom stereocenters. The van der Waals surface area contributed by atoms with Crippen LogP contribution in [0.4, 0.5) is 13.2 Å². The molecular formula is C14H24ClF3N2O. The molecule has 2 aliphatic heterocycles. The van der Waals surface area contributed by atoms with E-state index in [-0.39, 0.29) is 31.3 Å². The highest BCUT2D eigenvalue weighted by molar-refractivity contribution is 5.85. The molecule has 21 heavy (non-hydrogen) atoms. The Morgan fingerprint density at radius 3 is 2.48 bits per heavy atom. The van der Waals surface area contributed by atoms with Gasteiger partial charge in [0.15, 0.2) is 0 Å². The van der Waals surface area contributed by atoms with E-state index in [1.54, 1.807) is 0 Å². The van der Waals surface area contributed by atoms with Gasteiger partial charge in [-0.25, -0.2) is 0 Å². The zero-order valence-corrected chi connectivity index (χ0v) is 12.9. The van der Waals surface area contributed by atoms with Crippen molar-refractivity contribution in [2.75, 3.05) is 26.2 Å². The smallest absolute Gasteiger partial charge is 0.342 e. The average Bonchev–Trinajstić information content (AvgIpc) is 2.45. The molecule has 0 aromatic carbocycles. The van der Waals surface area contributed by atoms with Crippen LogP contribution in [0, 0.1) is 11.8 Å². The number of hydrogen-bond donors (Lipinski definition) is 1. The zero-order valence-electron chi connectivity index (χ0n) is 12.1. The van der Waals surface area contributed by atoms with Crippen LogP contribution in [0.3, 0.4) is 0 Å².